The topological polar surface area (TPSA) is 113 Å². The van der Waals surface area contributed by atoms with Gasteiger partial charge in [-0.3, -0.25) is 9.69 Å². The molecule has 1 aliphatic heterocycles. The Morgan fingerprint density at radius 3 is 2.45 bits per heavy atom. The molecule has 11 heteroatoms. The monoisotopic (exact) mass is 464 g/mol. The molecule has 1 unspecified atom stereocenters. The number of alkyl halides is 2. The van der Waals surface area contributed by atoms with Gasteiger partial charge in [-0.2, -0.15) is 13.8 Å². The van der Waals surface area contributed by atoms with E-state index < -0.39 is 29.7 Å². The quantitative estimate of drug-likeness (QED) is 0.604. The Morgan fingerprint density at radius 1 is 1.27 bits per heavy atom. The average Bonchev–Trinajstić information content (AvgIpc) is 2.69. The van der Waals surface area contributed by atoms with Gasteiger partial charge in [-0.25, -0.2) is 4.79 Å². The van der Waals surface area contributed by atoms with Crippen molar-refractivity contribution in [2.45, 2.75) is 45.4 Å². The number of carbonyl (C=O) groups excluding carboxylic acids is 2. The van der Waals surface area contributed by atoms with E-state index in [-0.39, 0.29) is 18.1 Å². The molecule has 0 saturated heterocycles. The third-order valence-corrected chi connectivity index (χ3v) is 4.90. The molecule has 1 aliphatic rings. The summed E-state index contributed by atoms with van der Waals surface area (Å²) < 4.78 is 35.9. The number of pyridine rings is 1. The first-order valence-corrected chi connectivity index (χ1v) is 10.1. The lowest BCUT2D eigenvalue weighted by Gasteiger charge is -2.34. The van der Waals surface area contributed by atoms with E-state index in [0.717, 1.165) is 4.90 Å². The van der Waals surface area contributed by atoms with Gasteiger partial charge in [0.05, 0.1) is 24.4 Å². The van der Waals surface area contributed by atoms with Crippen molar-refractivity contribution in [1.82, 2.24) is 10.3 Å². The molecule has 1 atom stereocenters. The second kappa shape index (κ2) is 8.81. The van der Waals surface area contributed by atoms with Crippen molar-refractivity contribution in [3.63, 3.8) is 0 Å². The van der Waals surface area contributed by atoms with E-state index >= 15 is 0 Å². The van der Waals surface area contributed by atoms with Gasteiger partial charge in [0.1, 0.15) is 12.3 Å². The Balaban J connectivity index is 1.90. The van der Waals surface area contributed by atoms with Gasteiger partial charge in [-0.15, -0.1) is 0 Å². The molecule has 2 heterocycles. The fourth-order valence-corrected chi connectivity index (χ4v) is 3.47. The number of anilines is 2. The van der Waals surface area contributed by atoms with Crippen LogP contribution in [0, 0.1) is 6.92 Å². The fourth-order valence-electron chi connectivity index (χ4n) is 3.47. The number of hydrogen-bond acceptors (Lipinski definition) is 6. The number of fused-ring (bicyclic) bond motifs is 1. The molecule has 1 aromatic carbocycles. The fraction of sp³-hybridized carbons (Fsp3) is 0.409. The largest absolute Gasteiger partial charge is 0.481 e. The summed E-state index contributed by atoms with van der Waals surface area (Å²) in [5.74, 6) is 0.00853. The Hall–Kier alpha value is -3.47. The molecule has 3 N–H and O–H groups in total. The van der Waals surface area contributed by atoms with Gasteiger partial charge in [-0.05, 0) is 44.5 Å². The number of rotatable bonds is 6. The summed E-state index contributed by atoms with van der Waals surface area (Å²) in [5, 5.41) is 16.1. The van der Waals surface area contributed by atoms with Crippen LogP contribution in [-0.2, 0) is 4.79 Å². The molecule has 0 saturated carbocycles. The maximum atomic E-state index is 13.2. The molecule has 9 nitrogen and oxygen atoms in total. The van der Waals surface area contributed by atoms with Crippen LogP contribution in [0.5, 0.6) is 11.6 Å². The maximum absolute atomic E-state index is 13.2. The van der Waals surface area contributed by atoms with E-state index in [1.54, 1.807) is 13.0 Å². The molecule has 0 spiro atoms. The van der Waals surface area contributed by atoms with E-state index in [4.69, 9.17) is 4.74 Å². The molecule has 178 valence electrons. The summed E-state index contributed by atoms with van der Waals surface area (Å²) in [4.78, 5) is 30.9. The highest BCUT2D eigenvalue weighted by Crippen LogP contribution is 2.34. The van der Waals surface area contributed by atoms with Crippen LogP contribution in [0.4, 0.5) is 25.1 Å². The van der Waals surface area contributed by atoms with Crippen LogP contribution in [-0.4, -0.2) is 47.4 Å². The number of amides is 3. The smallest absolute Gasteiger partial charge is 0.394 e. The van der Waals surface area contributed by atoms with Gasteiger partial charge in [0.2, 0.25) is 11.8 Å². The number of halogens is 2. The molecule has 0 fully saturated rings. The molecule has 3 rings (SSSR count). The Bertz CT molecular complexity index is 1050. The number of methoxy groups -OCH3 is 1. The Morgan fingerprint density at radius 2 is 1.91 bits per heavy atom. The number of nitrogens with one attached hydrogen (secondary N) is 2. The molecule has 3 amide bonds. The van der Waals surface area contributed by atoms with Crippen LogP contribution in [0.25, 0.3) is 0 Å². The van der Waals surface area contributed by atoms with E-state index in [1.165, 1.54) is 45.2 Å². The van der Waals surface area contributed by atoms with Crippen molar-refractivity contribution in [3.05, 3.63) is 41.5 Å². The highest BCUT2D eigenvalue weighted by molar-refractivity contribution is 6.08. The molecular weight excluding hydrogens is 438 g/mol. The predicted molar refractivity (Wildman–Crippen MR) is 117 cm³/mol. The van der Waals surface area contributed by atoms with Crippen molar-refractivity contribution in [3.8, 4) is 11.6 Å². The minimum Gasteiger partial charge on any atom is -0.481 e. The standard InChI is InChI=1S/C22H26F2N4O5/c1-12-10-15-18(27-19(12)32-5)28(11-16(29)25-15)20(30)26-17(21(2,3)31)13-6-8-14(9-7-13)33-22(4,23)24/h6-10,17,31H,11H2,1-5H3,(H,25,29)(H,26,30). The van der Waals surface area contributed by atoms with Crippen LogP contribution in [0.1, 0.15) is 37.9 Å². The Labute approximate surface area is 189 Å². The van der Waals surface area contributed by atoms with Crippen molar-refractivity contribution in [2.24, 2.45) is 0 Å². The summed E-state index contributed by atoms with van der Waals surface area (Å²) in [7, 11) is 1.44. The summed E-state index contributed by atoms with van der Waals surface area (Å²) >= 11 is 0. The molecule has 0 aliphatic carbocycles. The van der Waals surface area contributed by atoms with E-state index in [0.29, 0.717) is 29.6 Å². The number of aromatic nitrogens is 1. The molecule has 0 bridgehead atoms. The van der Waals surface area contributed by atoms with Gasteiger partial charge in [-0.1, -0.05) is 12.1 Å². The minimum atomic E-state index is -3.35. The molecular formula is C22H26F2N4O5. The van der Waals surface area contributed by atoms with E-state index in [9.17, 15) is 23.5 Å². The van der Waals surface area contributed by atoms with Gasteiger partial charge in [0.25, 0.3) is 0 Å². The lowest BCUT2D eigenvalue weighted by atomic mass is 9.92. The lowest BCUT2D eigenvalue weighted by Crippen LogP contribution is -2.51. The second-order valence-electron chi connectivity index (χ2n) is 8.34. The van der Waals surface area contributed by atoms with Crippen molar-refractivity contribution in [1.29, 1.82) is 0 Å². The summed E-state index contributed by atoms with van der Waals surface area (Å²) in [5.41, 5.74) is 0.0276. The van der Waals surface area contributed by atoms with Gasteiger partial charge in [0.15, 0.2) is 5.82 Å². The SMILES string of the molecule is COc1nc2c(cc1C)NC(=O)CN2C(=O)NC(c1ccc(OC(C)(F)F)cc1)C(C)(C)O. The summed E-state index contributed by atoms with van der Waals surface area (Å²) in [6, 6.07) is 5.58. The zero-order valence-electron chi connectivity index (χ0n) is 18.9. The van der Waals surface area contributed by atoms with Crippen LogP contribution < -0.4 is 25.0 Å². The number of benzene rings is 1. The molecule has 33 heavy (non-hydrogen) atoms. The first-order chi connectivity index (χ1) is 15.3. The van der Waals surface area contributed by atoms with Gasteiger partial charge in [0, 0.05) is 12.5 Å². The number of ether oxygens (including phenoxy) is 2. The van der Waals surface area contributed by atoms with Crippen LogP contribution in [0.2, 0.25) is 0 Å². The number of carbonyl (C=O) groups is 2. The first kappa shape index (κ1) is 24.2. The Kier molecular flexibility index (Phi) is 6.46. The predicted octanol–water partition coefficient (Wildman–Crippen LogP) is 3.37. The normalized spacial score (nSPS) is 14.8. The second-order valence-corrected chi connectivity index (χ2v) is 8.34. The molecule has 2 aromatic rings. The third kappa shape index (κ3) is 5.67. The third-order valence-electron chi connectivity index (χ3n) is 4.90. The van der Waals surface area contributed by atoms with Crippen molar-refractivity contribution >= 4 is 23.4 Å². The zero-order chi connectivity index (χ0) is 24.6. The minimum absolute atomic E-state index is 0.0691. The van der Waals surface area contributed by atoms with Crippen LogP contribution in [0.3, 0.4) is 0 Å². The number of aliphatic hydroxyl groups is 1. The van der Waals surface area contributed by atoms with E-state index in [2.05, 4.69) is 20.4 Å². The van der Waals surface area contributed by atoms with Crippen molar-refractivity contribution in [2.75, 3.05) is 23.9 Å². The molecule has 1 aromatic heterocycles. The average molecular weight is 464 g/mol. The highest BCUT2D eigenvalue weighted by Gasteiger charge is 2.35. The van der Waals surface area contributed by atoms with Gasteiger partial charge < -0.3 is 25.2 Å². The maximum Gasteiger partial charge on any atom is 0.394 e. The van der Waals surface area contributed by atoms with Crippen molar-refractivity contribution < 1.29 is 33.0 Å². The molecule has 0 radical (unpaired) electrons. The van der Waals surface area contributed by atoms with E-state index in [1.807, 2.05) is 0 Å². The van der Waals surface area contributed by atoms with Gasteiger partial charge >= 0.3 is 12.1 Å². The zero-order valence-corrected chi connectivity index (χ0v) is 18.9. The van der Waals surface area contributed by atoms with Crippen LogP contribution >= 0.6 is 0 Å². The summed E-state index contributed by atoms with van der Waals surface area (Å²) in [6.45, 7) is 5.06. The summed E-state index contributed by atoms with van der Waals surface area (Å²) in [6.07, 6.45) is -3.35. The van der Waals surface area contributed by atoms with Crippen LogP contribution in [0.15, 0.2) is 30.3 Å². The highest BCUT2D eigenvalue weighted by atomic mass is 19.3. The number of urea groups is 1. The number of nitrogens with zero attached hydrogens (tertiary/aromatic N) is 2. The number of hydrogen-bond donors (Lipinski definition) is 3. The lowest BCUT2D eigenvalue weighted by molar-refractivity contribution is -0.159. The first-order valence-electron chi connectivity index (χ1n) is 10.1. The number of aryl methyl sites for hydroxylation is 1.